The number of benzene rings is 1. The van der Waals surface area contributed by atoms with Crippen molar-refractivity contribution in [3.05, 3.63) is 28.3 Å². The minimum atomic E-state index is -0.418. The lowest BCUT2D eigenvalue weighted by Crippen LogP contribution is -2.14. The molecule has 1 aromatic carbocycles. The summed E-state index contributed by atoms with van der Waals surface area (Å²) in [7, 11) is 1.44. The molecule has 1 fully saturated rings. The number of ether oxygens (including phenoxy) is 1. The molecule has 5 heteroatoms. The third kappa shape index (κ3) is 2.67. The van der Waals surface area contributed by atoms with Crippen molar-refractivity contribution in [1.82, 2.24) is 0 Å². The SMILES string of the molecule is COc1ccc(NC2CCCC2)cc1[N+](=O)[O-]. The molecule has 0 amide bonds. The Morgan fingerprint density at radius 3 is 2.71 bits per heavy atom. The Hall–Kier alpha value is -1.78. The van der Waals surface area contributed by atoms with Gasteiger partial charge in [-0.25, -0.2) is 0 Å². The van der Waals surface area contributed by atoms with E-state index in [1.807, 2.05) is 6.07 Å². The molecule has 0 spiro atoms. The monoisotopic (exact) mass is 236 g/mol. The lowest BCUT2D eigenvalue weighted by atomic mass is 10.2. The van der Waals surface area contributed by atoms with E-state index in [9.17, 15) is 10.1 Å². The number of nitro benzene ring substituents is 1. The van der Waals surface area contributed by atoms with Crippen molar-refractivity contribution in [3.8, 4) is 5.75 Å². The lowest BCUT2D eigenvalue weighted by molar-refractivity contribution is -0.385. The number of nitrogens with zero attached hydrogens (tertiary/aromatic N) is 1. The second kappa shape index (κ2) is 5.03. The van der Waals surface area contributed by atoms with Gasteiger partial charge in [-0.1, -0.05) is 12.8 Å². The minimum absolute atomic E-state index is 0.00972. The van der Waals surface area contributed by atoms with Gasteiger partial charge in [0.05, 0.1) is 12.0 Å². The Labute approximate surface area is 99.9 Å². The second-order valence-corrected chi connectivity index (χ2v) is 4.27. The van der Waals surface area contributed by atoms with Crippen molar-refractivity contribution in [1.29, 1.82) is 0 Å². The first-order valence-corrected chi connectivity index (χ1v) is 5.79. The zero-order chi connectivity index (χ0) is 12.3. The molecular formula is C12H16N2O3. The molecule has 1 aliphatic carbocycles. The van der Waals surface area contributed by atoms with Crippen LogP contribution in [-0.2, 0) is 0 Å². The van der Waals surface area contributed by atoms with E-state index < -0.39 is 4.92 Å². The lowest BCUT2D eigenvalue weighted by Gasteiger charge is -2.13. The molecule has 0 saturated heterocycles. The van der Waals surface area contributed by atoms with Crippen LogP contribution < -0.4 is 10.1 Å². The van der Waals surface area contributed by atoms with Crippen LogP contribution in [0.25, 0.3) is 0 Å². The summed E-state index contributed by atoms with van der Waals surface area (Å²) in [5.74, 6) is 0.298. The number of methoxy groups -OCH3 is 1. The largest absolute Gasteiger partial charge is 0.490 e. The zero-order valence-corrected chi connectivity index (χ0v) is 9.81. The van der Waals surface area contributed by atoms with E-state index in [4.69, 9.17) is 4.74 Å². The highest BCUT2D eigenvalue weighted by Crippen LogP contribution is 2.31. The van der Waals surface area contributed by atoms with Crippen molar-refractivity contribution in [2.75, 3.05) is 12.4 Å². The van der Waals surface area contributed by atoms with Crippen LogP contribution in [0, 0.1) is 10.1 Å². The summed E-state index contributed by atoms with van der Waals surface area (Å²) in [4.78, 5) is 10.4. The molecule has 0 atom stereocenters. The number of nitro groups is 1. The molecule has 92 valence electrons. The van der Waals surface area contributed by atoms with Gasteiger partial charge in [0, 0.05) is 17.8 Å². The summed E-state index contributed by atoms with van der Waals surface area (Å²) < 4.78 is 4.96. The van der Waals surface area contributed by atoms with Crippen LogP contribution in [0.4, 0.5) is 11.4 Å². The summed E-state index contributed by atoms with van der Waals surface area (Å²) in [6.07, 6.45) is 4.74. The molecule has 0 radical (unpaired) electrons. The molecule has 1 aliphatic rings. The first-order chi connectivity index (χ1) is 8.20. The van der Waals surface area contributed by atoms with Gasteiger partial charge in [-0.15, -0.1) is 0 Å². The van der Waals surface area contributed by atoms with Crippen molar-refractivity contribution in [3.63, 3.8) is 0 Å². The van der Waals surface area contributed by atoms with Crippen LogP contribution >= 0.6 is 0 Å². The first-order valence-electron chi connectivity index (χ1n) is 5.79. The van der Waals surface area contributed by atoms with Gasteiger partial charge in [0.2, 0.25) is 0 Å². The van der Waals surface area contributed by atoms with Gasteiger partial charge >= 0.3 is 5.69 Å². The smallest absolute Gasteiger partial charge is 0.312 e. The predicted molar refractivity (Wildman–Crippen MR) is 65.5 cm³/mol. The molecule has 1 aromatic rings. The van der Waals surface area contributed by atoms with Crippen molar-refractivity contribution < 1.29 is 9.66 Å². The van der Waals surface area contributed by atoms with E-state index in [2.05, 4.69) is 5.32 Å². The number of rotatable bonds is 4. The summed E-state index contributed by atoms with van der Waals surface area (Å²) in [5, 5.41) is 14.2. The number of anilines is 1. The van der Waals surface area contributed by atoms with E-state index in [1.54, 1.807) is 6.07 Å². The maximum atomic E-state index is 10.9. The van der Waals surface area contributed by atoms with Gasteiger partial charge in [0.1, 0.15) is 0 Å². The average Bonchev–Trinajstić information content (AvgIpc) is 2.81. The van der Waals surface area contributed by atoms with Crippen LogP contribution in [-0.4, -0.2) is 18.1 Å². The van der Waals surface area contributed by atoms with Gasteiger partial charge < -0.3 is 10.1 Å². The second-order valence-electron chi connectivity index (χ2n) is 4.27. The fraction of sp³-hybridized carbons (Fsp3) is 0.500. The van der Waals surface area contributed by atoms with E-state index in [0.717, 1.165) is 18.5 Å². The maximum absolute atomic E-state index is 10.9. The van der Waals surface area contributed by atoms with E-state index >= 15 is 0 Å². The van der Waals surface area contributed by atoms with Crippen molar-refractivity contribution in [2.24, 2.45) is 0 Å². The molecule has 0 bridgehead atoms. The van der Waals surface area contributed by atoms with Crippen molar-refractivity contribution in [2.45, 2.75) is 31.7 Å². The molecule has 0 heterocycles. The maximum Gasteiger partial charge on any atom is 0.312 e. The Kier molecular flexibility index (Phi) is 3.46. The minimum Gasteiger partial charge on any atom is -0.490 e. The van der Waals surface area contributed by atoms with Crippen LogP contribution in [0.2, 0.25) is 0 Å². The molecule has 1 saturated carbocycles. The van der Waals surface area contributed by atoms with Crippen LogP contribution in [0.1, 0.15) is 25.7 Å². The molecule has 0 aliphatic heterocycles. The van der Waals surface area contributed by atoms with Gasteiger partial charge in [0.25, 0.3) is 0 Å². The molecule has 1 N–H and O–H groups in total. The van der Waals surface area contributed by atoms with E-state index in [-0.39, 0.29) is 5.69 Å². The Morgan fingerprint density at radius 1 is 1.41 bits per heavy atom. The van der Waals surface area contributed by atoms with Gasteiger partial charge in [-0.3, -0.25) is 10.1 Å². The molecule has 17 heavy (non-hydrogen) atoms. The Balaban J connectivity index is 2.17. The quantitative estimate of drug-likeness (QED) is 0.644. The number of hydrogen-bond acceptors (Lipinski definition) is 4. The van der Waals surface area contributed by atoms with Gasteiger partial charge in [-0.05, 0) is 25.0 Å². The van der Waals surface area contributed by atoms with E-state index in [1.165, 1.54) is 26.0 Å². The third-order valence-electron chi connectivity index (χ3n) is 3.10. The standard InChI is InChI=1S/C12H16N2O3/c1-17-12-7-6-10(8-11(12)14(15)16)13-9-4-2-3-5-9/h6-9,13H,2-5H2,1H3. The van der Waals surface area contributed by atoms with Crippen LogP contribution in [0.3, 0.4) is 0 Å². The summed E-state index contributed by atoms with van der Waals surface area (Å²) in [5.41, 5.74) is 0.805. The number of hydrogen-bond donors (Lipinski definition) is 1. The normalized spacial score (nSPS) is 15.8. The predicted octanol–water partition coefficient (Wildman–Crippen LogP) is 2.96. The fourth-order valence-corrected chi connectivity index (χ4v) is 2.23. The molecule has 0 unspecified atom stereocenters. The summed E-state index contributed by atoms with van der Waals surface area (Å²) >= 11 is 0. The topological polar surface area (TPSA) is 64.4 Å². The highest BCUT2D eigenvalue weighted by atomic mass is 16.6. The molecule has 0 aromatic heterocycles. The number of nitrogens with one attached hydrogen (secondary N) is 1. The summed E-state index contributed by atoms with van der Waals surface area (Å²) in [6.45, 7) is 0. The van der Waals surface area contributed by atoms with Crippen molar-refractivity contribution >= 4 is 11.4 Å². The third-order valence-corrected chi connectivity index (χ3v) is 3.10. The fourth-order valence-electron chi connectivity index (χ4n) is 2.23. The Morgan fingerprint density at radius 2 is 2.12 bits per heavy atom. The highest BCUT2D eigenvalue weighted by Gasteiger charge is 2.18. The zero-order valence-electron chi connectivity index (χ0n) is 9.81. The Bertz CT molecular complexity index is 414. The van der Waals surface area contributed by atoms with Gasteiger partial charge in [-0.2, -0.15) is 0 Å². The van der Waals surface area contributed by atoms with E-state index in [0.29, 0.717) is 11.8 Å². The van der Waals surface area contributed by atoms with Crippen LogP contribution in [0.5, 0.6) is 5.75 Å². The van der Waals surface area contributed by atoms with Gasteiger partial charge in [0.15, 0.2) is 5.75 Å². The summed E-state index contributed by atoms with van der Waals surface area (Å²) in [6, 6.07) is 5.44. The first kappa shape index (κ1) is 11.7. The van der Waals surface area contributed by atoms with Crippen LogP contribution in [0.15, 0.2) is 18.2 Å². The highest BCUT2D eigenvalue weighted by molar-refractivity contribution is 5.58. The molecular weight excluding hydrogens is 220 g/mol. The molecule has 5 nitrogen and oxygen atoms in total. The average molecular weight is 236 g/mol. The molecule has 2 rings (SSSR count).